The van der Waals surface area contributed by atoms with Crippen LogP contribution >= 0.6 is 0 Å². The van der Waals surface area contributed by atoms with Gasteiger partial charge in [-0.3, -0.25) is 9.59 Å². The quantitative estimate of drug-likeness (QED) is 0.434. The molecule has 74 valence electrons. The largest absolute Gasteiger partial charge is 0.505 e. The molecule has 1 aromatic carbocycles. The maximum absolute atomic E-state index is 11.1. The van der Waals surface area contributed by atoms with Gasteiger partial charge in [-0.25, -0.2) is 0 Å². The molecule has 2 N–H and O–H groups in total. The van der Waals surface area contributed by atoms with Crippen LogP contribution in [0.4, 0.5) is 5.69 Å². The Morgan fingerprint density at radius 3 is 2.64 bits per heavy atom. The number of carbonyl (C=O) groups is 2. The smallest absolute Gasteiger partial charge is 0.211 e. The lowest BCUT2D eigenvalue weighted by atomic mass is 10.1. The van der Waals surface area contributed by atoms with Gasteiger partial charge >= 0.3 is 0 Å². The molecule has 0 aliphatic carbocycles. The molecule has 0 radical (unpaired) electrons. The summed E-state index contributed by atoms with van der Waals surface area (Å²) < 4.78 is 0. The predicted octanol–water partition coefficient (Wildman–Crippen LogP) is 1.47. The Kier molecular flexibility index (Phi) is 2.86. The molecule has 4 nitrogen and oxygen atoms in total. The molecule has 0 saturated carbocycles. The van der Waals surface area contributed by atoms with Crippen LogP contribution in [0.3, 0.4) is 0 Å². The molecule has 0 saturated heterocycles. The Hall–Kier alpha value is -1.84. The summed E-state index contributed by atoms with van der Waals surface area (Å²) in [4.78, 5) is 21.3. The van der Waals surface area contributed by atoms with Crippen molar-refractivity contribution in [1.29, 1.82) is 0 Å². The lowest BCUT2D eigenvalue weighted by Crippen LogP contribution is -2.00. The first kappa shape index (κ1) is 10.2. The first-order valence-electron chi connectivity index (χ1n) is 4.11. The van der Waals surface area contributed by atoms with Crippen LogP contribution in [0.25, 0.3) is 0 Å². The number of Topliss-reactive ketones (excluding diaryl/α,β-unsaturated/α-hetero) is 1. The third-order valence-electron chi connectivity index (χ3n) is 1.85. The highest BCUT2D eigenvalue weighted by molar-refractivity contribution is 5.99. The molecule has 14 heavy (non-hydrogen) atoms. The summed E-state index contributed by atoms with van der Waals surface area (Å²) in [5, 5.41) is 11.9. The summed E-state index contributed by atoms with van der Waals surface area (Å²) in [6, 6.07) is 3.17. The Bertz CT molecular complexity index is 385. The molecular weight excluding hydrogens is 182 g/mol. The highest BCUT2D eigenvalue weighted by atomic mass is 16.3. The zero-order valence-electron chi connectivity index (χ0n) is 8.00. The van der Waals surface area contributed by atoms with E-state index in [1.54, 1.807) is 19.1 Å². The molecule has 4 heteroatoms. The summed E-state index contributed by atoms with van der Waals surface area (Å²) in [7, 11) is 0. The zero-order chi connectivity index (χ0) is 10.7. The van der Waals surface area contributed by atoms with Gasteiger partial charge in [-0.1, -0.05) is 0 Å². The summed E-state index contributed by atoms with van der Waals surface area (Å²) in [5.41, 5.74) is 1.27. The number of benzene rings is 1. The molecule has 0 fully saturated rings. The number of rotatable bonds is 3. The summed E-state index contributed by atoms with van der Waals surface area (Å²) in [6.45, 7) is 3.14. The fourth-order valence-corrected chi connectivity index (χ4v) is 1.22. The van der Waals surface area contributed by atoms with Crippen LogP contribution in [0.5, 0.6) is 5.75 Å². The highest BCUT2D eigenvalue weighted by Gasteiger charge is 2.11. The standard InChI is InChI=1S/C10H11NO3/c1-6-3-8(7(2)13)10(14)9(4-6)11-5-12/h3-5,14H,1-2H3,(H,11,12). The number of ketones is 1. The summed E-state index contributed by atoms with van der Waals surface area (Å²) in [5.74, 6) is -0.421. The van der Waals surface area contributed by atoms with Crippen molar-refractivity contribution >= 4 is 17.9 Å². The van der Waals surface area contributed by atoms with E-state index in [9.17, 15) is 14.7 Å². The van der Waals surface area contributed by atoms with Crippen molar-refractivity contribution in [2.24, 2.45) is 0 Å². The topological polar surface area (TPSA) is 66.4 Å². The number of phenols is 1. The minimum atomic E-state index is -0.236. The number of phenolic OH excluding ortho intramolecular Hbond substituents is 1. The zero-order valence-corrected chi connectivity index (χ0v) is 8.00. The third-order valence-corrected chi connectivity index (χ3v) is 1.85. The van der Waals surface area contributed by atoms with Crippen molar-refractivity contribution in [3.05, 3.63) is 23.3 Å². The van der Waals surface area contributed by atoms with Crippen molar-refractivity contribution in [2.45, 2.75) is 13.8 Å². The number of carbonyl (C=O) groups excluding carboxylic acids is 2. The maximum Gasteiger partial charge on any atom is 0.211 e. The van der Waals surface area contributed by atoms with Crippen LogP contribution in [0.2, 0.25) is 0 Å². The molecule has 0 atom stereocenters. The maximum atomic E-state index is 11.1. The Labute approximate surface area is 81.6 Å². The second-order valence-electron chi connectivity index (χ2n) is 3.03. The first-order valence-corrected chi connectivity index (χ1v) is 4.11. The summed E-state index contributed by atoms with van der Waals surface area (Å²) >= 11 is 0. The van der Waals surface area contributed by atoms with Crippen molar-refractivity contribution in [3.63, 3.8) is 0 Å². The predicted molar refractivity (Wildman–Crippen MR) is 52.5 cm³/mol. The number of aromatic hydroxyl groups is 1. The molecule has 1 amide bonds. The fraction of sp³-hybridized carbons (Fsp3) is 0.200. The van der Waals surface area contributed by atoms with Crippen LogP contribution in [-0.2, 0) is 4.79 Å². The van der Waals surface area contributed by atoms with Crippen LogP contribution in [0, 0.1) is 6.92 Å². The molecule has 0 aliphatic rings. The third kappa shape index (κ3) is 1.90. The second-order valence-corrected chi connectivity index (χ2v) is 3.03. The normalized spacial score (nSPS) is 9.57. The minimum Gasteiger partial charge on any atom is -0.505 e. The Morgan fingerprint density at radius 2 is 2.14 bits per heavy atom. The van der Waals surface area contributed by atoms with Gasteiger partial charge in [0.05, 0.1) is 11.3 Å². The lowest BCUT2D eigenvalue weighted by molar-refractivity contribution is -0.105. The van der Waals surface area contributed by atoms with Gasteiger partial charge in [0.15, 0.2) is 5.78 Å². The number of hydrogen-bond donors (Lipinski definition) is 2. The van der Waals surface area contributed by atoms with E-state index in [0.29, 0.717) is 6.41 Å². The van der Waals surface area contributed by atoms with Crippen LogP contribution < -0.4 is 5.32 Å². The van der Waals surface area contributed by atoms with Crippen LogP contribution in [-0.4, -0.2) is 17.3 Å². The van der Waals surface area contributed by atoms with E-state index in [1.807, 2.05) is 0 Å². The monoisotopic (exact) mass is 193 g/mol. The molecule has 1 aromatic rings. The van der Waals surface area contributed by atoms with Gasteiger partial charge in [-0.15, -0.1) is 0 Å². The van der Waals surface area contributed by atoms with E-state index < -0.39 is 0 Å². The molecule has 1 rings (SSSR count). The number of anilines is 1. The van der Waals surface area contributed by atoms with Crippen molar-refractivity contribution in [1.82, 2.24) is 0 Å². The summed E-state index contributed by atoms with van der Waals surface area (Å²) in [6.07, 6.45) is 0.457. The van der Waals surface area contributed by atoms with Crippen molar-refractivity contribution < 1.29 is 14.7 Å². The molecular formula is C10H11NO3. The Balaban J connectivity index is 3.31. The SMILES string of the molecule is CC(=O)c1cc(C)cc(NC=O)c1O. The molecule has 0 spiro atoms. The van der Waals surface area contributed by atoms with Gasteiger partial charge in [0.25, 0.3) is 0 Å². The van der Waals surface area contributed by atoms with E-state index in [2.05, 4.69) is 5.32 Å². The van der Waals surface area contributed by atoms with E-state index in [1.165, 1.54) is 6.92 Å². The molecule has 0 heterocycles. The van der Waals surface area contributed by atoms with E-state index in [0.717, 1.165) is 5.56 Å². The lowest BCUT2D eigenvalue weighted by Gasteiger charge is -2.07. The molecule has 0 bridgehead atoms. The number of hydrogen-bond acceptors (Lipinski definition) is 3. The van der Waals surface area contributed by atoms with Crippen molar-refractivity contribution in [2.75, 3.05) is 5.32 Å². The average Bonchev–Trinajstić information content (AvgIpc) is 2.10. The van der Waals surface area contributed by atoms with Gasteiger partial charge in [-0.2, -0.15) is 0 Å². The van der Waals surface area contributed by atoms with E-state index in [-0.39, 0.29) is 22.8 Å². The van der Waals surface area contributed by atoms with Gasteiger partial charge in [0, 0.05) is 0 Å². The fourth-order valence-electron chi connectivity index (χ4n) is 1.22. The molecule has 0 aromatic heterocycles. The molecule has 0 aliphatic heterocycles. The highest BCUT2D eigenvalue weighted by Crippen LogP contribution is 2.29. The Morgan fingerprint density at radius 1 is 1.50 bits per heavy atom. The van der Waals surface area contributed by atoms with Gasteiger partial charge < -0.3 is 10.4 Å². The number of aryl methyl sites for hydroxylation is 1. The first-order chi connectivity index (χ1) is 6.56. The minimum absolute atomic E-state index is 0.185. The van der Waals surface area contributed by atoms with Crippen LogP contribution in [0.1, 0.15) is 22.8 Å². The van der Waals surface area contributed by atoms with E-state index in [4.69, 9.17) is 0 Å². The van der Waals surface area contributed by atoms with Gasteiger partial charge in [-0.05, 0) is 31.5 Å². The van der Waals surface area contributed by atoms with E-state index >= 15 is 0 Å². The van der Waals surface area contributed by atoms with Gasteiger partial charge in [0.2, 0.25) is 6.41 Å². The van der Waals surface area contributed by atoms with Crippen LogP contribution in [0.15, 0.2) is 12.1 Å². The second kappa shape index (κ2) is 3.91. The number of amides is 1. The average molecular weight is 193 g/mol. The molecule has 0 unspecified atom stereocenters. The van der Waals surface area contributed by atoms with Crippen molar-refractivity contribution in [3.8, 4) is 5.75 Å². The van der Waals surface area contributed by atoms with Gasteiger partial charge in [0.1, 0.15) is 5.75 Å². The number of nitrogens with one attached hydrogen (secondary N) is 1.